The predicted octanol–water partition coefficient (Wildman–Crippen LogP) is 3.53. The van der Waals surface area contributed by atoms with Gasteiger partial charge in [0.25, 0.3) is 0 Å². The van der Waals surface area contributed by atoms with Crippen LogP contribution in [-0.4, -0.2) is 4.98 Å². The second kappa shape index (κ2) is 5.46. The molecule has 0 fully saturated rings. The van der Waals surface area contributed by atoms with Crippen LogP contribution in [0.2, 0.25) is 0 Å². The highest BCUT2D eigenvalue weighted by atomic mass is 32.2. The van der Waals surface area contributed by atoms with Gasteiger partial charge >= 0.3 is 0 Å². The summed E-state index contributed by atoms with van der Waals surface area (Å²) in [6, 6.07) is 7.29. The van der Waals surface area contributed by atoms with E-state index in [9.17, 15) is 8.78 Å². The first kappa shape index (κ1) is 13.0. The van der Waals surface area contributed by atoms with Gasteiger partial charge in [0.05, 0.1) is 0 Å². The van der Waals surface area contributed by atoms with Crippen LogP contribution in [-0.2, 0) is 0 Å². The fourth-order valence-corrected chi connectivity index (χ4v) is 2.49. The lowest BCUT2D eigenvalue weighted by atomic mass is 10.2. The molecule has 0 aliphatic rings. The summed E-state index contributed by atoms with van der Waals surface area (Å²) in [5.41, 5.74) is 6.72. The average Bonchev–Trinajstić information content (AvgIpc) is 2.34. The highest BCUT2D eigenvalue weighted by molar-refractivity contribution is 7.99. The molecule has 2 N–H and O–H groups in total. The molecule has 94 valence electrons. The third kappa shape index (κ3) is 2.86. The molecule has 0 radical (unpaired) electrons. The molecule has 1 aromatic carbocycles. The predicted molar refractivity (Wildman–Crippen MR) is 67.3 cm³/mol. The van der Waals surface area contributed by atoms with Gasteiger partial charge in [0.2, 0.25) is 0 Å². The van der Waals surface area contributed by atoms with Crippen molar-refractivity contribution in [3.8, 4) is 0 Å². The molecule has 18 heavy (non-hydrogen) atoms. The van der Waals surface area contributed by atoms with E-state index in [0.717, 1.165) is 17.7 Å². The zero-order valence-electron chi connectivity index (χ0n) is 9.73. The molecule has 0 saturated carbocycles. The molecule has 1 heterocycles. The topological polar surface area (TPSA) is 38.9 Å². The van der Waals surface area contributed by atoms with Gasteiger partial charge in [-0.3, -0.25) is 0 Å². The molecule has 1 unspecified atom stereocenters. The highest BCUT2D eigenvalue weighted by Crippen LogP contribution is 2.31. The van der Waals surface area contributed by atoms with Crippen molar-refractivity contribution in [2.45, 2.75) is 22.9 Å². The number of nitrogens with zero attached hydrogens (tertiary/aromatic N) is 1. The fraction of sp³-hybridized carbons (Fsp3) is 0.154. The summed E-state index contributed by atoms with van der Waals surface area (Å²) in [6.07, 6.45) is 1.65. The summed E-state index contributed by atoms with van der Waals surface area (Å²) in [7, 11) is 0. The number of hydrogen-bond acceptors (Lipinski definition) is 3. The quantitative estimate of drug-likeness (QED) is 0.923. The molecule has 0 saturated heterocycles. The Labute approximate surface area is 108 Å². The molecular weight excluding hydrogens is 254 g/mol. The molecule has 0 aliphatic carbocycles. The molecule has 0 bridgehead atoms. The average molecular weight is 266 g/mol. The standard InChI is InChI=1S/C13H12F2N2S/c1-8(16)10-3-2-6-17-13(10)18-9-4-5-11(14)12(15)7-9/h2-8H,16H2,1H3. The number of hydrogen-bond donors (Lipinski definition) is 1. The summed E-state index contributed by atoms with van der Waals surface area (Å²) in [5.74, 6) is -1.72. The van der Waals surface area contributed by atoms with Crippen LogP contribution in [0, 0.1) is 11.6 Å². The maximum absolute atomic E-state index is 13.1. The van der Waals surface area contributed by atoms with E-state index in [1.807, 2.05) is 13.0 Å². The van der Waals surface area contributed by atoms with Crippen LogP contribution < -0.4 is 5.73 Å². The Hall–Kier alpha value is -1.46. The highest BCUT2D eigenvalue weighted by Gasteiger charge is 2.10. The molecule has 2 nitrogen and oxygen atoms in total. The number of nitrogens with two attached hydrogens (primary N) is 1. The minimum Gasteiger partial charge on any atom is -0.324 e. The molecule has 0 aliphatic heterocycles. The van der Waals surface area contributed by atoms with E-state index in [-0.39, 0.29) is 6.04 Å². The molecular formula is C13H12F2N2S. The van der Waals surface area contributed by atoms with Crippen LogP contribution in [0.5, 0.6) is 0 Å². The fourth-order valence-electron chi connectivity index (χ4n) is 1.49. The molecule has 5 heteroatoms. The first-order chi connectivity index (χ1) is 8.58. The maximum Gasteiger partial charge on any atom is 0.159 e. The van der Waals surface area contributed by atoms with Gasteiger partial charge in [-0.05, 0) is 31.2 Å². The Morgan fingerprint density at radius 3 is 2.67 bits per heavy atom. The Morgan fingerprint density at radius 1 is 1.22 bits per heavy atom. The van der Waals surface area contributed by atoms with E-state index in [1.54, 1.807) is 12.3 Å². The van der Waals surface area contributed by atoms with E-state index in [0.29, 0.717) is 9.92 Å². The second-order valence-corrected chi connectivity index (χ2v) is 4.93. The van der Waals surface area contributed by atoms with Gasteiger partial charge in [-0.25, -0.2) is 13.8 Å². The van der Waals surface area contributed by atoms with Crippen molar-refractivity contribution in [3.63, 3.8) is 0 Å². The van der Waals surface area contributed by atoms with Crippen LogP contribution >= 0.6 is 11.8 Å². The van der Waals surface area contributed by atoms with E-state index < -0.39 is 11.6 Å². The summed E-state index contributed by atoms with van der Waals surface area (Å²) < 4.78 is 25.9. The SMILES string of the molecule is CC(N)c1cccnc1Sc1ccc(F)c(F)c1. The summed E-state index contributed by atoms with van der Waals surface area (Å²) in [5, 5.41) is 0.707. The summed E-state index contributed by atoms with van der Waals surface area (Å²) in [4.78, 5) is 4.81. The van der Waals surface area contributed by atoms with Crippen LogP contribution in [0.1, 0.15) is 18.5 Å². The van der Waals surface area contributed by atoms with Crippen molar-refractivity contribution in [3.05, 3.63) is 53.7 Å². The molecule has 2 rings (SSSR count). The molecule has 1 aromatic heterocycles. The molecule has 2 aromatic rings. The molecule has 0 amide bonds. The third-order valence-corrected chi connectivity index (χ3v) is 3.42. The van der Waals surface area contributed by atoms with Crippen molar-refractivity contribution in [2.75, 3.05) is 0 Å². The first-order valence-electron chi connectivity index (χ1n) is 5.41. The zero-order valence-corrected chi connectivity index (χ0v) is 10.5. The van der Waals surface area contributed by atoms with Crippen molar-refractivity contribution in [1.82, 2.24) is 4.98 Å². The smallest absolute Gasteiger partial charge is 0.159 e. The lowest BCUT2D eigenvalue weighted by Gasteiger charge is -2.10. The minimum absolute atomic E-state index is 0.161. The third-order valence-electron chi connectivity index (χ3n) is 2.40. The van der Waals surface area contributed by atoms with Crippen molar-refractivity contribution in [1.29, 1.82) is 0 Å². The van der Waals surface area contributed by atoms with Crippen molar-refractivity contribution < 1.29 is 8.78 Å². The van der Waals surface area contributed by atoms with E-state index in [4.69, 9.17) is 5.73 Å². The Kier molecular flexibility index (Phi) is 3.93. The van der Waals surface area contributed by atoms with Gasteiger partial charge in [-0.15, -0.1) is 0 Å². The van der Waals surface area contributed by atoms with E-state index in [2.05, 4.69) is 4.98 Å². The first-order valence-corrected chi connectivity index (χ1v) is 6.23. The normalized spacial score (nSPS) is 12.4. The van der Waals surface area contributed by atoms with Crippen LogP contribution in [0.15, 0.2) is 46.5 Å². The Morgan fingerprint density at radius 2 is 2.00 bits per heavy atom. The van der Waals surface area contributed by atoms with Gasteiger partial charge in [-0.2, -0.15) is 0 Å². The lowest BCUT2D eigenvalue weighted by molar-refractivity contribution is 0.506. The number of halogens is 2. The summed E-state index contributed by atoms with van der Waals surface area (Å²) >= 11 is 1.27. The number of benzene rings is 1. The van der Waals surface area contributed by atoms with Gasteiger partial charge in [0.1, 0.15) is 5.03 Å². The van der Waals surface area contributed by atoms with Gasteiger partial charge < -0.3 is 5.73 Å². The number of rotatable bonds is 3. The Bertz CT molecular complexity index is 558. The van der Waals surface area contributed by atoms with Crippen LogP contribution in [0.25, 0.3) is 0 Å². The van der Waals surface area contributed by atoms with Crippen molar-refractivity contribution >= 4 is 11.8 Å². The number of pyridine rings is 1. The van der Waals surface area contributed by atoms with Crippen LogP contribution in [0.3, 0.4) is 0 Å². The van der Waals surface area contributed by atoms with Gasteiger partial charge in [-0.1, -0.05) is 17.8 Å². The maximum atomic E-state index is 13.1. The van der Waals surface area contributed by atoms with Gasteiger partial charge in [0, 0.05) is 22.7 Å². The van der Waals surface area contributed by atoms with Gasteiger partial charge in [0.15, 0.2) is 11.6 Å². The zero-order chi connectivity index (χ0) is 13.1. The van der Waals surface area contributed by atoms with E-state index in [1.165, 1.54) is 17.8 Å². The number of aromatic nitrogens is 1. The largest absolute Gasteiger partial charge is 0.324 e. The lowest BCUT2D eigenvalue weighted by Crippen LogP contribution is -2.07. The molecule has 0 spiro atoms. The van der Waals surface area contributed by atoms with Crippen molar-refractivity contribution in [2.24, 2.45) is 5.73 Å². The van der Waals surface area contributed by atoms with E-state index >= 15 is 0 Å². The minimum atomic E-state index is -0.863. The van der Waals surface area contributed by atoms with Crippen LogP contribution in [0.4, 0.5) is 8.78 Å². The molecule has 1 atom stereocenters. The Balaban J connectivity index is 2.31. The monoisotopic (exact) mass is 266 g/mol. The summed E-state index contributed by atoms with van der Waals surface area (Å²) in [6.45, 7) is 1.85. The second-order valence-electron chi connectivity index (χ2n) is 3.86.